The number of carbonyl (C=O) groups is 2. The lowest BCUT2D eigenvalue weighted by molar-refractivity contribution is -0.134. The van der Waals surface area contributed by atoms with Crippen molar-refractivity contribution < 1.29 is 14.0 Å². The first-order valence-corrected chi connectivity index (χ1v) is 8.94. The average molecular weight is 348 g/mol. The topological polar surface area (TPSA) is 88.3 Å². The molecule has 3 heterocycles. The van der Waals surface area contributed by atoms with Crippen LogP contribution in [0, 0.1) is 0 Å². The molecule has 0 aliphatic carbocycles. The van der Waals surface area contributed by atoms with Crippen LogP contribution in [-0.4, -0.2) is 33.5 Å². The molecule has 0 aromatic carbocycles. The van der Waals surface area contributed by atoms with E-state index >= 15 is 0 Å². The molecule has 1 fully saturated rings. The maximum absolute atomic E-state index is 12.4. The number of aromatic nitrogens is 2. The van der Waals surface area contributed by atoms with Crippen molar-refractivity contribution in [1.29, 1.82) is 0 Å². The molecule has 1 saturated heterocycles. The third kappa shape index (κ3) is 3.81. The minimum Gasteiger partial charge on any atom is -0.467 e. The van der Waals surface area contributed by atoms with Crippen LogP contribution in [0.1, 0.15) is 49.4 Å². The molecule has 2 aromatic heterocycles. The van der Waals surface area contributed by atoms with Gasteiger partial charge >= 0.3 is 0 Å². The van der Waals surface area contributed by atoms with Gasteiger partial charge in [0.25, 0.3) is 0 Å². The van der Waals surface area contributed by atoms with E-state index < -0.39 is 0 Å². The Morgan fingerprint density at radius 3 is 3.00 bits per heavy atom. The van der Waals surface area contributed by atoms with Crippen molar-refractivity contribution in [1.82, 2.24) is 15.1 Å². The van der Waals surface area contributed by atoms with Gasteiger partial charge in [0.1, 0.15) is 10.8 Å². The monoisotopic (exact) mass is 348 g/mol. The molecule has 0 bridgehead atoms. The number of furan rings is 1. The van der Waals surface area contributed by atoms with Crippen molar-refractivity contribution in [2.24, 2.45) is 0 Å². The van der Waals surface area contributed by atoms with E-state index in [1.165, 1.54) is 11.3 Å². The summed E-state index contributed by atoms with van der Waals surface area (Å²) in [4.78, 5) is 26.2. The molecule has 24 heavy (non-hydrogen) atoms. The third-order valence-corrected chi connectivity index (χ3v) is 5.01. The van der Waals surface area contributed by atoms with Crippen molar-refractivity contribution in [2.75, 3.05) is 11.9 Å². The zero-order chi connectivity index (χ0) is 16.9. The number of anilines is 1. The van der Waals surface area contributed by atoms with E-state index in [-0.39, 0.29) is 30.7 Å². The number of rotatable bonds is 6. The van der Waals surface area contributed by atoms with Gasteiger partial charge < -0.3 is 14.6 Å². The first-order valence-electron chi connectivity index (χ1n) is 8.12. The number of hydrogen-bond donors (Lipinski definition) is 1. The van der Waals surface area contributed by atoms with Gasteiger partial charge in [-0.15, -0.1) is 10.2 Å². The molecule has 1 aliphatic heterocycles. The van der Waals surface area contributed by atoms with Gasteiger partial charge in [0.2, 0.25) is 16.9 Å². The van der Waals surface area contributed by atoms with Gasteiger partial charge in [-0.25, -0.2) is 0 Å². The molecule has 8 heteroatoms. The molecule has 0 saturated carbocycles. The van der Waals surface area contributed by atoms with E-state index in [1.807, 2.05) is 24.0 Å². The SMILES string of the molecule is CCc1nnc(NC(=O)CCC(=O)N2CCC[C@@H]2c2ccco2)s1. The number of aryl methyl sites for hydroxylation is 1. The maximum atomic E-state index is 12.4. The summed E-state index contributed by atoms with van der Waals surface area (Å²) < 4.78 is 5.43. The molecule has 2 amide bonds. The zero-order valence-electron chi connectivity index (χ0n) is 13.5. The molecule has 128 valence electrons. The summed E-state index contributed by atoms with van der Waals surface area (Å²) in [5, 5.41) is 11.9. The Balaban J connectivity index is 1.50. The van der Waals surface area contributed by atoms with Crippen molar-refractivity contribution in [3.8, 4) is 0 Å². The number of nitrogens with zero attached hydrogens (tertiary/aromatic N) is 3. The van der Waals surface area contributed by atoms with E-state index in [1.54, 1.807) is 6.26 Å². The van der Waals surface area contributed by atoms with Gasteiger partial charge in [0, 0.05) is 19.4 Å². The molecule has 2 aromatic rings. The molecule has 0 unspecified atom stereocenters. The van der Waals surface area contributed by atoms with E-state index in [9.17, 15) is 9.59 Å². The Bertz CT molecular complexity index is 698. The maximum Gasteiger partial charge on any atom is 0.226 e. The van der Waals surface area contributed by atoms with E-state index in [0.29, 0.717) is 11.7 Å². The number of amides is 2. The number of hydrogen-bond acceptors (Lipinski definition) is 6. The Morgan fingerprint density at radius 2 is 2.29 bits per heavy atom. The van der Waals surface area contributed by atoms with Gasteiger partial charge in [0.15, 0.2) is 0 Å². The highest BCUT2D eigenvalue weighted by Crippen LogP contribution is 2.32. The van der Waals surface area contributed by atoms with Gasteiger partial charge in [-0.2, -0.15) is 0 Å². The lowest BCUT2D eigenvalue weighted by Gasteiger charge is -2.23. The highest BCUT2D eigenvalue weighted by molar-refractivity contribution is 7.15. The standard InChI is InChI=1S/C16H20N4O3S/c1-2-14-18-19-16(24-14)17-13(21)7-8-15(22)20-9-3-5-11(20)12-6-4-10-23-12/h4,6,10-11H,2-3,5,7-9H2,1H3,(H,17,19,21)/t11-/m1/s1. The molecule has 3 rings (SSSR count). The summed E-state index contributed by atoms with van der Waals surface area (Å²) in [5.41, 5.74) is 0. The van der Waals surface area contributed by atoms with Gasteiger partial charge in [-0.05, 0) is 31.4 Å². The fraction of sp³-hybridized carbons (Fsp3) is 0.500. The summed E-state index contributed by atoms with van der Waals surface area (Å²) >= 11 is 1.36. The smallest absolute Gasteiger partial charge is 0.226 e. The Labute approximate surface area is 144 Å². The minimum atomic E-state index is -0.212. The van der Waals surface area contributed by atoms with Crippen molar-refractivity contribution in [2.45, 2.75) is 45.1 Å². The zero-order valence-corrected chi connectivity index (χ0v) is 14.3. The summed E-state index contributed by atoms with van der Waals surface area (Å²) in [7, 11) is 0. The van der Waals surface area contributed by atoms with Crippen LogP contribution in [-0.2, 0) is 16.0 Å². The fourth-order valence-corrected chi connectivity index (χ4v) is 3.53. The molecule has 0 spiro atoms. The van der Waals surface area contributed by atoms with E-state index in [0.717, 1.165) is 30.0 Å². The normalized spacial score (nSPS) is 17.2. The van der Waals surface area contributed by atoms with Crippen LogP contribution < -0.4 is 5.32 Å². The third-order valence-electron chi connectivity index (χ3n) is 4.03. The highest BCUT2D eigenvalue weighted by atomic mass is 32.1. The molecule has 1 aliphatic rings. The first kappa shape index (κ1) is 16.6. The molecule has 0 radical (unpaired) electrons. The Kier molecular flexibility index (Phi) is 5.24. The van der Waals surface area contributed by atoms with Gasteiger partial charge in [-0.3, -0.25) is 9.59 Å². The molecular weight excluding hydrogens is 328 g/mol. The van der Waals surface area contributed by atoms with Crippen LogP contribution in [0.5, 0.6) is 0 Å². The number of nitrogens with one attached hydrogen (secondary N) is 1. The average Bonchev–Trinajstić information content (AvgIpc) is 3.31. The van der Waals surface area contributed by atoms with Gasteiger partial charge in [0.05, 0.1) is 12.3 Å². The fourth-order valence-electron chi connectivity index (χ4n) is 2.83. The Morgan fingerprint density at radius 1 is 1.42 bits per heavy atom. The lowest BCUT2D eigenvalue weighted by atomic mass is 10.1. The molecule has 7 nitrogen and oxygen atoms in total. The highest BCUT2D eigenvalue weighted by Gasteiger charge is 2.31. The van der Waals surface area contributed by atoms with Crippen molar-refractivity contribution in [3.05, 3.63) is 29.2 Å². The first-order chi connectivity index (χ1) is 11.7. The number of carbonyl (C=O) groups excluding carboxylic acids is 2. The van der Waals surface area contributed by atoms with Crippen LogP contribution in [0.25, 0.3) is 0 Å². The lowest BCUT2D eigenvalue weighted by Crippen LogP contribution is -2.31. The Hall–Kier alpha value is -2.22. The second kappa shape index (κ2) is 7.57. The largest absolute Gasteiger partial charge is 0.467 e. The predicted octanol–water partition coefficient (Wildman–Crippen LogP) is 2.78. The summed E-state index contributed by atoms with van der Waals surface area (Å²) in [6.45, 7) is 2.69. The molecule has 1 N–H and O–H groups in total. The van der Waals surface area contributed by atoms with Crippen molar-refractivity contribution >= 4 is 28.3 Å². The minimum absolute atomic E-state index is 0.00848. The van der Waals surface area contributed by atoms with Crippen LogP contribution in [0.4, 0.5) is 5.13 Å². The predicted molar refractivity (Wildman–Crippen MR) is 89.5 cm³/mol. The molecule has 1 atom stereocenters. The van der Waals surface area contributed by atoms with Crippen LogP contribution in [0.15, 0.2) is 22.8 Å². The van der Waals surface area contributed by atoms with E-state index in [4.69, 9.17) is 4.42 Å². The summed E-state index contributed by atoms with van der Waals surface area (Å²) in [6.07, 6.45) is 4.58. The molecular formula is C16H20N4O3S. The summed E-state index contributed by atoms with van der Waals surface area (Å²) in [5.74, 6) is 0.581. The second-order valence-corrected chi connectivity index (χ2v) is 6.73. The van der Waals surface area contributed by atoms with Crippen LogP contribution in [0.3, 0.4) is 0 Å². The van der Waals surface area contributed by atoms with Crippen LogP contribution >= 0.6 is 11.3 Å². The second-order valence-electron chi connectivity index (χ2n) is 5.66. The van der Waals surface area contributed by atoms with Crippen LogP contribution in [0.2, 0.25) is 0 Å². The number of likely N-dealkylation sites (tertiary alicyclic amines) is 1. The van der Waals surface area contributed by atoms with E-state index in [2.05, 4.69) is 15.5 Å². The van der Waals surface area contributed by atoms with Crippen molar-refractivity contribution in [3.63, 3.8) is 0 Å². The summed E-state index contributed by atoms with van der Waals surface area (Å²) in [6, 6.07) is 3.71. The quantitative estimate of drug-likeness (QED) is 0.867. The van der Waals surface area contributed by atoms with Gasteiger partial charge in [-0.1, -0.05) is 18.3 Å².